The first kappa shape index (κ1) is 21.3. The Morgan fingerprint density at radius 1 is 1.13 bits per heavy atom. The topological polar surface area (TPSA) is 62.3 Å². The van der Waals surface area contributed by atoms with E-state index in [0.717, 1.165) is 24.2 Å². The number of nitrogens with one attached hydrogen (secondary N) is 1. The number of likely N-dealkylation sites (tertiary alicyclic amines) is 1. The van der Waals surface area contributed by atoms with Gasteiger partial charge >= 0.3 is 6.18 Å². The molecule has 0 bridgehead atoms. The Hall–Kier alpha value is -2.90. The first-order chi connectivity index (χ1) is 14.8. The molecule has 1 aliphatic carbocycles. The van der Waals surface area contributed by atoms with Crippen LogP contribution in [0.1, 0.15) is 40.9 Å². The number of pyridine rings is 1. The van der Waals surface area contributed by atoms with Crippen LogP contribution in [-0.4, -0.2) is 41.3 Å². The molecular weight excluding hydrogens is 407 g/mol. The molecular formula is C23H24F3N3O2. The molecule has 1 saturated carbocycles. The van der Waals surface area contributed by atoms with Gasteiger partial charge in [0.2, 0.25) is 5.91 Å². The molecule has 2 amide bonds. The average molecular weight is 431 g/mol. The van der Waals surface area contributed by atoms with Crippen molar-refractivity contribution >= 4 is 11.8 Å². The van der Waals surface area contributed by atoms with E-state index in [1.54, 1.807) is 11.1 Å². The van der Waals surface area contributed by atoms with Crippen LogP contribution in [0.5, 0.6) is 0 Å². The molecule has 2 heterocycles. The fraction of sp³-hybridized carbons (Fsp3) is 0.435. The lowest BCUT2D eigenvalue weighted by Gasteiger charge is -2.33. The summed E-state index contributed by atoms with van der Waals surface area (Å²) in [4.78, 5) is 31.0. The number of alkyl halides is 3. The summed E-state index contributed by atoms with van der Waals surface area (Å²) >= 11 is 0. The highest BCUT2D eigenvalue weighted by Gasteiger charge is 2.58. The zero-order valence-corrected chi connectivity index (χ0v) is 17.0. The van der Waals surface area contributed by atoms with Gasteiger partial charge in [0, 0.05) is 49.4 Å². The van der Waals surface area contributed by atoms with Gasteiger partial charge in [-0.15, -0.1) is 0 Å². The number of hydrogen-bond acceptors (Lipinski definition) is 3. The van der Waals surface area contributed by atoms with Gasteiger partial charge in [0.05, 0.1) is 5.56 Å². The van der Waals surface area contributed by atoms with Crippen LogP contribution in [0.4, 0.5) is 13.2 Å². The molecule has 0 radical (unpaired) electrons. The van der Waals surface area contributed by atoms with Gasteiger partial charge in [-0.2, -0.15) is 13.2 Å². The Kier molecular flexibility index (Phi) is 5.73. The van der Waals surface area contributed by atoms with E-state index in [1.807, 2.05) is 18.2 Å². The van der Waals surface area contributed by atoms with Crippen LogP contribution >= 0.6 is 0 Å². The van der Waals surface area contributed by atoms with Gasteiger partial charge in [0.25, 0.3) is 5.91 Å². The summed E-state index contributed by atoms with van der Waals surface area (Å²) in [5.74, 6) is -0.409. The number of hydrogen-bond donors (Lipinski definition) is 1. The van der Waals surface area contributed by atoms with Crippen molar-refractivity contribution in [2.24, 2.45) is 11.3 Å². The van der Waals surface area contributed by atoms with E-state index in [2.05, 4.69) is 10.3 Å². The van der Waals surface area contributed by atoms with Crippen LogP contribution in [0.3, 0.4) is 0 Å². The van der Waals surface area contributed by atoms with Crippen molar-refractivity contribution < 1.29 is 22.8 Å². The van der Waals surface area contributed by atoms with E-state index < -0.39 is 17.6 Å². The van der Waals surface area contributed by atoms with E-state index in [0.29, 0.717) is 38.9 Å². The van der Waals surface area contributed by atoms with Gasteiger partial charge < -0.3 is 10.2 Å². The highest BCUT2D eigenvalue weighted by Crippen LogP contribution is 2.59. The molecule has 1 spiro atoms. The van der Waals surface area contributed by atoms with Gasteiger partial charge in [0.15, 0.2) is 0 Å². The maximum absolute atomic E-state index is 12.9. The number of benzene rings is 1. The lowest BCUT2D eigenvalue weighted by atomic mass is 9.90. The van der Waals surface area contributed by atoms with E-state index in [-0.39, 0.29) is 22.8 Å². The van der Waals surface area contributed by atoms with Crippen LogP contribution in [0.15, 0.2) is 48.7 Å². The van der Waals surface area contributed by atoms with Crippen molar-refractivity contribution in [2.75, 3.05) is 19.6 Å². The number of amides is 2. The average Bonchev–Trinajstić information content (AvgIpc) is 3.47. The number of rotatable bonds is 5. The van der Waals surface area contributed by atoms with Gasteiger partial charge in [-0.05, 0) is 55.0 Å². The first-order valence-electron chi connectivity index (χ1n) is 10.4. The highest BCUT2D eigenvalue weighted by molar-refractivity contribution is 5.94. The van der Waals surface area contributed by atoms with Crippen molar-refractivity contribution in [3.05, 3.63) is 65.5 Å². The van der Waals surface area contributed by atoms with Crippen molar-refractivity contribution in [3.63, 3.8) is 0 Å². The summed E-state index contributed by atoms with van der Waals surface area (Å²) in [6.07, 6.45) is 0.0978. The molecule has 1 saturated heterocycles. The summed E-state index contributed by atoms with van der Waals surface area (Å²) in [5, 5.41) is 2.98. The molecule has 4 rings (SSSR count). The third-order valence-electron chi connectivity index (χ3n) is 6.40. The molecule has 5 nitrogen and oxygen atoms in total. The Morgan fingerprint density at radius 3 is 2.58 bits per heavy atom. The van der Waals surface area contributed by atoms with Crippen LogP contribution in [0, 0.1) is 11.3 Å². The maximum Gasteiger partial charge on any atom is 0.416 e. The zero-order chi connectivity index (χ0) is 22.1. The SMILES string of the molecule is O=C(NCCc1ccccn1)[C@H]1CC12CCN(C(=O)c1cccc(C(F)(F)F)c1)CC2. The third-order valence-corrected chi connectivity index (χ3v) is 6.40. The van der Waals surface area contributed by atoms with Crippen molar-refractivity contribution in [3.8, 4) is 0 Å². The number of nitrogens with zero attached hydrogens (tertiary/aromatic N) is 2. The van der Waals surface area contributed by atoms with Gasteiger partial charge in [-0.25, -0.2) is 0 Å². The molecule has 0 unspecified atom stereocenters. The second-order valence-electron chi connectivity index (χ2n) is 8.35. The number of carbonyl (C=O) groups is 2. The van der Waals surface area contributed by atoms with E-state index in [4.69, 9.17) is 0 Å². The Labute approximate surface area is 178 Å². The molecule has 2 aliphatic rings. The lowest BCUT2D eigenvalue weighted by molar-refractivity contribution is -0.137. The summed E-state index contributed by atoms with van der Waals surface area (Å²) < 4.78 is 38.8. The summed E-state index contributed by atoms with van der Waals surface area (Å²) in [6.45, 7) is 1.43. The van der Waals surface area contributed by atoms with E-state index in [1.165, 1.54) is 12.1 Å². The molecule has 2 fully saturated rings. The van der Waals surface area contributed by atoms with Gasteiger partial charge in [0.1, 0.15) is 0 Å². The quantitative estimate of drug-likeness (QED) is 0.785. The smallest absolute Gasteiger partial charge is 0.355 e. The molecule has 1 aliphatic heterocycles. The van der Waals surface area contributed by atoms with Crippen molar-refractivity contribution in [2.45, 2.75) is 31.9 Å². The van der Waals surface area contributed by atoms with Crippen molar-refractivity contribution in [1.82, 2.24) is 15.2 Å². The van der Waals surface area contributed by atoms with Crippen LogP contribution in [-0.2, 0) is 17.4 Å². The Bertz CT molecular complexity index is 954. The molecule has 31 heavy (non-hydrogen) atoms. The minimum absolute atomic E-state index is 0.0357. The fourth-order valence-electron chi connectivity index (χ4n) is 4.42. The molecule has 8 heteroatoms. The summed E-state index contributed by atoms with van der Waals surface area (Å²) in [5.41, 5.74) is 0.0659. The zero-order valence-electron chi connectivity index (χ0n) is 17.0. The van der Waals surface area contributed by atoms with E-state index in [9.17, 15) is 22.8 Å². The van der Waals surface area contributed by atoms with Gasteiger partial charge in [-0.1, -0.05) is 12.1 Å². The van der Waals surface area contributed by atoms with Crippen LogP contribution in [0.2, 0.25) is 0 Å². The molecule has 2 aromatic rings. The Balaban J connectivity index is 1.27. The molecule has 164 valence electrons. The minimum Gasteiger partial charge on any atom is -0.355 e. The second-order valence-corrected chi connectivity index (χ2v) is 8.35. The standard InChI is InChI=1S/C23H24F3N3O2/c24-23(25,26)17-5-3-4-16(14-17)21(31)29-12-8-22(9-13-29)15-19(22)20(30)28-11-7-18-6-1-2-10-27-18/h1-6,10,14,19H,7-9,11-13,15H2,(H,28,30)/t19-/m1/s1. The van der Waals surface area contributed by atoms with E-state index >= 15 is 0 Å². The highest BCUT2D eigenvalue weighted by atomic mass is 19.4. The minimum atomic E-state index is -4.48. The summed E-state index contributed by atoms with van der Waals surface area (Å²) in [7, 11) is 0. The number of aromatic nitrogens is 1. The van der Waals surface area contributed by atoms with Gasteiger partial charge in [-0.3, -0.25) is 14.6 Å². The fourth-order valence-corrected chi connectivity index (χ4v) is 4.42. The molecule has 1 aromatic carbocycles. The molecule has 1 aromatic heterocycles. The number of piperidine rings is 1. The predicted octanol–water partition coefficient (Wildman–Crippen LogP) is 3.70. The molecule has 1 N–H and O–H groups in total. The second kappa shape index (κ2) is 8.32. The number of halogens is 3. The predicted molar refractivity (Wildman–Crippen MR) is 108 cm³/mol. The number of carbonyl (C=O) groups excluding carboxylic acids is 2. The Morgan fingerprint density at radius 2 is 1.90 bits per heavy atom. The maximum atomic E-state index is 12.9. The normalized spacial score (nSPS) is 19.8. The first-order valence-corrected chi connectivity index (χ1v) is 10.4. The van der Waals surface area contributed by atoms with Crippen LogP contribution < -0.4 is 5.32 Å². The van der Waals surface area contributed by atoms with Crippen molar-refractivity contribution in [1.29, 1.82) is 0 Å². The van der Waals surface area contributed by atoms with Crippen LogP contribution in [0.25, 0.3) is 0 Å². The summed E-state index contributed by atoms with van der Waals surface area (Å²) in [6, 6.07) is 10.2. The third kappa shape index (κ3) is 4.73. The largest absolute Gasteiger partial charge is 0.416 e. The monoisotopic (exact) mass is 431 g/mol. The lowest BCUT2D eigenvalue weighted by Crippen LogP contribution is -2.40. The molecule has 1 atom stereocenters.